The van der Waals surface area contributed by atoms with Crippen molar-refractivity contribution < 1.29 is 4.79 Å². The quantitative estimate of drug-likeness (QED) is 0.826. The van der Waals surface area contributed by atoms with Gasteiger partial charge in [-0.05, 0) is 42.4 Å². The maximum atomic E-state index is 12.8. The van der Waals surface area contributed by atoms with Crippen LogP contribution in [0.5, 0.6) is 0 Å². The van der Waals surface area contributed by atoms with Gasteiger partial charge in [-0.2, -0.15) is 11.8 Å². The summed E-state index contributed by atoms with van der Waals surface area (Å²) in [5.74, 6) is 2.65. The number of hydrogen-bond donors (Lipinski definition) is 0. The summed E-state index contributed by atoms with van der Waals surface area (Å²) < 4.78 is 1.62. The number of pyridine rings is 1. The molecule has 2 saturated heterocycles. The number of carbonyl (C=O) groups is 1. The van der Waals surface area contributed by atoms with Crippen LogP contribution in [-0.2, 0) is 7.05 Å². The Morgan fingerprint density at radius 2 is 1.76 bits per heavy atom. The van der Waals surface area contributed by atoms with E-state index in [9.17, 15) is 9.59 Å². The second-order valence-corrected chi connectivity index (χ2v) is 8.59. The predicted octanol–water partition coefficient (Wildman–Crippen LogP) is 2.16. The van der Waals surface area contributed by atoms with Crippen LogP contribution in [0.25, 0.3) is 0 Å². The number of nitrogens with zero attached hydrogens (tertiary/aromatic N) is 3. The van der Waals surface area contributed by atoms with Crippen molar-refractivity contribution in [1.82, 2.24) is 14.4 Å². The molecule has 2 aliphatic rings. The fourth-order valence-corrected chi connectivity index (χ4v) is 4.98. The third-order valence-corrected chi connectivity index (χ3v) is 6.52. The van der Waals surface area contributed by atoms with E-state index in [4.69, 9.17) is 0 Å². The Balaban J connectivity index is 1.66. The van der Waals surface area contributed by atoms with Crippen LogP contribution < -0.4 is 5.56 Å². The van der Waals surface area contributed by atoms with Crippen molar-refractivity contribution in [2.75, 3.05) is 37.7 Å². The molecule has 0 aromatic carbocycles. The molecule has 0 spiro atoms. The van der Waals surface area contributed by atoms with Crippen molar-refractivity contribution in [3.05, 3.63) is 33.7 Å². The summed E-state index contributed by atoms with van der Waals surface area (Å²) >= 11 is 2.04. The fourth-order valence-electron chi connectivity index (χ4n) is 3.90. The Labute approximate surface area is 154 Å². The lowest BCUT2D eigenvalue weighted by molar-refractivity contribution is 0.0557. The molecular formula is C19H29N3O2S. The van der Waals surface area contributed by atoms with Gasteiger partial charge in [-0.3, -0.25) is 14.5 Å². The van der Waals surface area contributed by atoms with Crippen LogP contribution >= 0.6 is 11.8 Å². The Morgan fingerprint density at radius 1 is 1.12 bits per heavy atom. The summed E-state index contributed by atoms with van der Waals surface area (Å²) in [6, 6.07) is 4.30. The lowest BCUT2D eigenvalue weighted by Gasteiger charge is -2.40. The van der Waals surface area contributed by atoms with Gasteiger partial charge in [-0.25, -0.2) is 0 Å². The van der Waals surface area contributed by atoms with E-state index in [1.807, 2.05) is 22.7 Å². The first-order valence-electron chi connectivity index (χ1n) is 9.30. The molecular weight excluding hydrogens is 334 g/mol. The molecule has 1 amide bonds. The highest BCUT2D eigenvalue weighted by atomic mass is 32.2. The van der Waals surface area contributed by atoms with Gasteiger partial charge in [-0.15, -0.1) is 0 Å². The maximum absolute atomic E-state index is 12.8. The van der Waals surface area contributed by atoms with Crippen LogP contribution in [0, 0.1) is 0 Å². The van der Waals surface area contributed by atoms with E-state index in [2.05, 4.69) is 18.7 Å². The number of aromatic nitrogens is 1. The molecule has 138 valence electrons. The van der Waals surface area contributed by atoms with Crippen molar-refractivity contribution in [3.8, 4) is 0 Å². The molecule has 0 N–H and O–H groups in total. The second-order valence-electron chi connectivity index (χ2n) is 7.36. The van der Waals surface area contributed by atoms with Gasteiger partial charge in [0.05, 0.1) is 0 Å². The monoisotopic (exact) mass is 363 g/mol. The molecule has 0 saturated carbocycles. The Hall–Kier alpha value is -1.27. The van der Waals surface area contributed by atoms with Gasteiger partial charge < -0.3 is 9.47 Å². The summed E-state index contributed by atoms with van der Waals surface area (Å²) in [6.45, 7) is 7.39. The molecule has 1 aromatic heterocycles. The zero-order chi connectivity index (χ0) is 18.0. The third kappa shape index (κ3) is 3.95. The minimum Gasteiger partial charge on any atom is -0.336 e. The van der Waals surface area contributed by atoms with E-state index in [1.54, 1.807) is 17.7 Å². The van der Waals surface area contributed by atoms with E-state index >= 15 is 0 Å². The average Bonchev–Trinajstić information content (AvgIpc) is 2.64. The molecule has 0 radical (unpaired) electrons. The molecule has 0 unspecified atom stereocenters. The first kappa shape index (κ1) is 18.5. The lowest BCUT2D eigenvalue weighted by atomic mass is 10.1. The highest BCUT2D eigenvalue weighted by molar-refractivity contribution is 7.99. The summed E-state index contributed by atoms with van der Waals surface area (Å²) in [5.41, 5.74) is 1.08. The molecule has 6 heteroatoms. The summed E-state index contributed by atoms with van der Waals surface area (Å²) in [6.07, 6.45) is 2.52. The topological polar surface area (TPSA) is 45.6 Å². The third-order valence-electron chi connectivity index (χ3n) is 5.47. The van der Waals surface area contributed by atoms with Crippen LogP contribution in [0.1, 0.15) is 48.7 Å². The van der Waals surface area contributed by atoms with E-state index in [0.29, 0.717) is 11.6 Å². The SMILES string of the molecule is CC(C)c1ccc(C(=O)N2CCN(C3CCSCC3)CC2)c(=O)n1C. The summed E-state index contributed by atoms with van der Waals surface area (Å²) in [4.78, 5) is 29.8. The molecule has 0 aliphatic carbocycles. The second kappa shape index (κ2) is 7.96. The van der Waals surface area contributed by atoms with Crippen molar-refractivity contribution in [2.24, 2.45) is 7.05 Å². The van der Waals surface area contributed by atoms with Gasteiger partial charge >= 0.3 is 0 Å². The Bertz CT molecular complexity index is 672. The molecule has 3 rings (SSSR count). The van der Waals surface area contributed by atoms with Crippen LogP contribution in [0.2, 0.25) is 0 Å². The molecule has 1 aromatic rings. The molecule has 0 bridgehead atoms. The van der Waals surface area contributed by atoms with Gasteiger partial charge in [0.1, 0.15) is 5.56 Å². The van der Waals surface area contributed by atoms with Crippen LogP contribution in [0.15, 0.2) is 16.9 Å². The fraction of sp³-hybridized carbons (Fsp3) is 0.684. The van der Waals surface area contributed by atoms with Crippen LogP contribution in [-0.4, -0.2) is 64.0 Å². The zero-order valence-electron chi connectivity index (χ0n) is 15.5. The van der Waals surface area contributed by atoms with Crippen molar-refractivity contribution >= 4 is 17.7 Å². The summed E-state index contributed by atoms with van der Waals surface area (Å²) in [7, 11) is 1.76. The van der Waals surface area contributed by atoms with E-state index in [1.165, 1.54) is 24.3 Å². The van der Waals surface area contributed by atoms with Crippen LogP contribution in [0.3, 0.4) is 0 Å². The van der Waals surface area contributed by atoms with Gasteiger partial charge in [-0.1, -0.05) is 13.8 Å². The number of hydrogen-bond acceptors (Lipinski definition) is 4. The van der Waals surface area contributed by atoms with Gasteiger partial charge in [0, 0.05) is 45.0 Å². The lowest BCUT2D eigenvalue weighted by Crippen LogP contribution is -2.53. The molecule has 5 nitrogen and oxygen atoms in total. The molecule has 0 atom stereocenters. The molecule has 25 heavy (non-hydrogen) atoms. The normalized spacial score (nSPS) is 20.2. The maximum Gasteiger partial charge on any atom is 0.263 e. The Kier molecular flexibility index (Phi) is 5.89. The smallest absolute Gasteiger partial charge is 0.263 e. The number of amides is 1. The average molecular weight is 364 g/mol. The van der Waals surface area contributed by atoms with Crippen molar-refractivity contribution in [2.45, 2.75) is 38.6 Å². The number of thioether (sulfide) groups is 1. The minimum absolute atomic E-state index is 0.116. The minimum atomic E-state index is -0.178. The van der Waals surface area contributed by atoms with Crippen LogP contribution in [0.4, 0.5) is 0 Å². The number of carbonyl (C=O) groups excluding carboxylic acids is 1. The molecule has 2 aliphatic heterocycles. The zero-order valence-corrected chi connectivity index (χ0v) is 16.3. The largest absolute Gasteiger partial charge is 0.336 e. The van der Waals surface area contributed by atoms with Gasteiger partial charge in [0.25, 0.3) is 11.5 Å². The summed E-state index contributed by atoms with van der Waals surface area (Å²) in [5, 5.41) is 0. The standard InChI is InChI=1S/C19H29N3O2S/c1-14(2)17-5-4-16(18(23)20(17)3)19(24)22-10-8-21(9-11-22)15-6-12-25-13-7-15/h4-5,14-15H,6-13H2,1-3H3. The highest BCUT2D eigenvalue weighted by Gasteiger charge is 2.28. The van der Waals surface area contributed by atoms with Gasteiger partial charge in [0.15, 0.2) is 0 Å². The first-order chi connectivity index (χ1) is 12.0. The van der Waals surface area contributed by atoms with Crippen molar-refractivity contribution in [1.29, 1.82) is 0 Å². The van der Waals surface area contributed by atoms with E-state index in [-0.39, 0.29) is 17.4 Å². The molecule has 2 fully saturated rings. The number of piperazine rings is 1. The van der Waals surface area contributed by atoms with E-state index in [0.717, 1.165) is 31.9 Å². The Morgan fingerprint density at radius 3 is 2.36 bits per heavy atom. The first-order valence-corrected chi connectivity index (χ1v) is 10.5. The highest BCUT2D eigenvalue weighted by Crippen LogP contribution is 2.23. The predicted molar refractivity (Wildman–Crippen MR) is 104 cm³/mol. The number of rotatable bonds is 3. The van der Waals surface area contributed by atoms with E-state index < -0.39 is 0 Å². The van der Waals surface area contributed by atoms with Crippen molar-refractivity contribution in [3.63, 3.8) is 0 Å². The molecule has 3 heterocycles. The van der Waals surface area contributed by atoms with Gasteiger partial charge in [0.2, 0.25) is 0 Å².